The molecule has 1 unspecified atom stereocenters. The molecule has 0 nitrogen and oxygen atoms in total. The Hall–Kier alpha value is -0.790. The number of aryl methyl sites for hydroxylation is 1. The largest absolute Gasteiger partial charge is 0.113 e. The zero-order chi connectivity index (χ0) is 15.6. The van der Waals surface area contributed by atoms with E-state index in [0.29, 0.717) is 0 Å². The highest BCUT2D eigenvalue weighted by molar-refractivity contribution is 9.10. The fraction of sp³-hybridized carbons (Fsp3) is 0.368. The number of hydrogen-bond donors (Lipinski definition) is 0. The Bertz CT molecular complexity index is 614. The van der Waals surface area contributed by atoms with Crippen LogP contribution < -0.4 is 0 Å². The molecule has 0 N–H and O–H groups in total. The van der Waals surface area contributed by atoms with E-state index in [1.807, 2.05) is 6.07 Å². The van der Waals surface area contributed by atoms with Crippen molar-refractivity contribution in [3.63, 3.8) is 0 Å². The van der Waals surface area contributed by atoms with Gasteiger partial charge in [-0.05, 0) is 53.1 Å². The summed E-state index contributed by atoms with van der Waals surface area (Å²) in [6, 6.07) is 15.0. The van der Waals surface area contributed by atoms with Gasteiger partial charge in [-0.25, -0.2) is 0 Å². The molecule has 0 saturated carbocycles. The standard InChI is InChI=1S/C19H22BrCl/c1-5-19(3,4)15-8-6-14(7-9-15)18(21)17-11-10-16(20)12-13(17)2/h6-12,18H,5H2,1-4H3. The quantitative estimate of drug-likeness (QED) is 0.524. The molecule has 21 heavy (non-hydrogen) atoms. The topological polar surface area (TPSA) is 0 Å². The van der Waals surface area contributed by atoms with Crippen LogP contribution in [0.2, 0.25) is 0 Å². The van der Waals surface area contributed by atoms with Crippen molar-refractivity contribution in [3.8, 4) is 0 Å². The van der Waals surface area contributed by atoms with Gasteiger partial charge in [0.25, 0.3) is 0 Å². The first-order valence-corrected chi connectivity index (χ1v) is 8.58. The van der Waals surface area contributed by atoms with Crippen molar-refractivity contribution in [2.24, 2.45) is 0 Å². The highest BCUT2D eigenvalue weighted by Crippen LogP contribution is 2.34. The third-order valence-corrected chi connectivity index (χ3v) is 5.35. The van der Waals surface area contributed by atoms with E-state index in [1.54, 1.807) is 0 Å². The van der Waals surface area contributed by atoms with Crippen molar-refractivity contribution in [1.82, 2.24) is 0 Å². The number of alkyl halides is 1. The normalized spacial score (nSPS) is 13.2. The molecule has 0 aliphatic carbocycles. The lowest BCUT2D eigenvalue weighted by Gasteiger charge is -2.24. The molecule has 2 rings (SSSR count). The molecule has 2 heteroatoms. The molecule has 0 saturated heterocycles. The van der Waals surface area contributed by atoms with Gasteiger partial charge in [0.2, 0.25) is 0 Å². The summed E-state index contributed by atoms with van der Waals surface area (Å²) in [5, 5.41) is -0.100. The van der Waals surface area contributed by atoms with Crippen LogP contribution in [0.1, 0.15) is 54.8 Å². The number of hydrogen-bond acceptors (Lipinski definition) is 0. The van der Waals surface area contributed by atoms with Crippen molar-refractivity contribution in [3.05, 3.63) is 69.2 Å². The third kappa shape index (κ3) is 3.70. The Kier molecular flexibility index (Phi) is 5.16. The summed E-state index contributed by atoms with van der Waals surface area (Å²) >= 11 is 10.2. The minimum absolute atomic E-state index is 0.100. The van der Waals surface area contributed by atoms with Gasteiger partial charge in [0.15, 0.2) is 0 Å². The molecule has 1 atom stereocenters. The molecular weight excluding hydrogens is 344 g/mol. The molecule has 0 aliphatic rings. The average Bonchev–Trinajstić information content (AvgIpc) is 2.47. The van der Waals surface area contributed by atoms with Crippen molar-refractivity contribution in [1.29, 1.82) is 0 Å². The Morgan fingerprint density at radius 2 is 1.71 bits per heavy atom. The van der Waals surface area contributed by atoms with Crippen LogP contribution in [0, 0.1) is 6.92 Å². The zero-order valence-corrected chi connectivity index (χ0v) is 15.4. The highest BCUT2D eigenvalue weighted by atomic mass is 79.9. The Labute approximate surface area is 141 Å². The molecule has 112 valence electrons. The van der Waals surface area contributed by atoms with Gasteiger partial charge in [-0.2, -0.15) is 0 Å². The summed E-state index contributed by atoms with van der Waals surface area (Å²) in [6.07, 6.45) is 1.13. The van der Waals surface area contributed by atoms with E-state index in [9.17, 15) is 0 Å². The molecule has 0 fully saturated rings. The average molecular weight is 366 g/mol. The number of benzene rings is 2. The summed E-state index contributed by atoms with van der Waals surface area (Å²) < 4.78 is 1.09. The van der Waals surface area contributed by atoms with Gasteiger partial charge >= 0.3 is 0 Å². The second-order valence-electron chi connectivity index (χ2n) is 6.22. The second kappa shape index (κ2) is 6.54. The zero-order valence-electron chi connectivity index (χ0n) is 13.1. The van der Waals surface area contributed by atoms with Crippen LogP contribution in [0.25, 0.3) is 0 Å². The first-order valence-electron chi connectivity index (χ1n) is 7.35. The molecule has 0 spiro atoms. The SMILES string of the molecule is CCC(C)(C)c1ccc(C(Cl)c2ccc(Br)cc2C)cc1. The second-order valence-corrected chi connectivity index (χ2v) is 7.58. The fourth-order valence-electron chi connectivity index (χ4n) is 2.41. The third-order valence-electron chi connectivity index (χ3n) is 4.37. The van der Waals surface area contributed by atoms with Gasteiger partial charge in [0, 0.05) is 4.47 Å². The molecule has 2 aromatic rings. The molecule has 0 aromatic heterocycles. The summed E-state index contributed by atoms with van der Waals surface area (Å²) in [7, 11) is 0. The fourth-order valence-corrected chi connectivity index (χ4v) is 3.28. The summed E-state index contributed by atoms with van der Waals surface area (Å²) in [5.74, 6) is 0. The predicted octanol–water partition coefficient (Wildman–Crippen LogP) is 6.77. The lowest BCUT2D eigenvalue weighted by molar-refractivity contribution is 0.506. The lowest BCUT2D eigenvalue weighted by Crippen LogP contribution is -2.15. The molecule has 0 heterocycles. The molecule has 0 radical (unpaired) electrons. The van der Waals surface area contributed by atoms with Crippen LogP contribution in [0.3, 0.4) is 0 Å². The first kappa shape index (κ1) is 16.6. The van der Waals surface area contributed by atoms with Gasteiger partial charge in [0.05, 0.1) is 5.38 Å². The van der Waals surface area contributed by atoms with Crippen molar-refractivity contribution < 1.29 is 0 Å². The van der Waals surface area contributed by atoms with E-state index in [-0.39, 0.29) is 10.8 Å². The maximum absolute atomic E-state index is 6.67. The molecule has 0 bridgehead atoms. The van der Waals surface area contributed by atoms with E-state index < -0.39 is 0 Å². The van der Waals surface area contributed by atoms with Crippen LogP contribution in [-0.4, -0.2) is 0 Å². The van der Waals surface area contributed by atoms with E-state index in [4.69, 9.17) is 11.6 Å². The summed E-state index contributed by atoms with van der Waals surface area (Å²) in [4.78, 5) is 0. The summed E-state index contributed by atoms with van der Waals surface area (Å²) in [5.41, 5.74) is 5.11. The molecule has 0 aliphatic heterocycles. The lowest BCUT2D eigenvalue weighted by atomic mass is 9.82. The van der Waals surface area contributed by atoms with E-state index in [0.717, 1.165) is 16.5 Å². The highest BCUT2D eigenvalue weighted by Gasteiger charge is 2.19. The van der Waals surface area contributed by atoms with Gasteiger partial charge in [-0.3, -0.25) is 0 Å². The molecule has 2 aromatic carbocycles. The van der Waals surface area contributed by atoms with Crippen molar-refractivity contribution >= 4 is 27.5 Å². The number of halogens is 2. The van der Waals surface area contributed by atoms with E-state index in [1.165, 1.54) is 16.7 Å². The molecular formula is C19H22BrCl. The minimum atomic E-state index is -0.100. The van der Waals surface area contributed by atoms with E-state index >= 15 is 0 Å². The van der Waals surface area contributed by atoms with Crippen LogP contribution in [0.15, 0.2) is 46.9 Å². The smallest absolute Gasteiger partial charge is 0.0838 e. The van der Waals surface area contributed by atoms with Crippen molar-refractivity contribution in [2.45, 2.75) is 44.9 Å². The van der Waals surface area contributed by atoms with Crippen LogP contribution in [0.4, 0.5) is 0 Å². The Balaban J connectivity index is 2.30. The van der Waals surface area contributed by atoms with E-state index in [2.05, 4.69) is 80.0 Å². The van der Waals surface area contributed by atoms with Gasteiger partial charge in [-0.15, -0.1) is 11.6 Å². The maximum Gasteiger partial charge on any atom is 0.0838 e. The first-order chi connectivity index (χ1) is 9.85. The van der Waals surface area contributed by atoms with Crippen LogP contribution in [-0.2, 0) is 5.41 Å². The van der Waals surface area contributed by atoms with Crippen molar-refractivity contribution in [2.75, 3.05) is 0 Å². The van der Waals surface area contributed by atoms with Crippen LogP contribution >= 0.6 is 27.5 Å². The predicted molar refractivity (Wildman–Crippen MR) is 96.3 cm³/mol. The Morgan fingerprint density at radius 1 is 1.10 bits per heavy atom. The summed E-state index contributed by atoms with van der Waals surface area (Å²) in [6.45, 7) is 8.88. The molecule has 0 amide bonds. The van der Waals surface area contributed by atoms with Crippen LogP contribution in [0.5, 0.6) is 0 Å². The number of rotatable bonds is 4. The Morgan fingerprint density at radius 3 is 2.24 bits per heavy atom. The van der Waals surface area contributed by atoms with Gasteiger partial charge in [0.1, 0.15) is 0 Å². The maximum atomic E-state index is 6.67. The van der Waals surface area contributed by atoms with Gasteiger partial charge in [-0.1, -0.05) is 67.0 Å². The monoisotopic (exact) mass is 364 g/mol. The minimum Gasteiger partial charge on any atom is -0.113 e. The van der Waals surface area contributed by atoms with Gasteiger partial charge < -0.3 is 0 Å².